The zero-order valence-corrected chi connectivity index (χ0v) is 18.1. The van der Waals surface area contributed by atoms with E-state index < -0.39 is 0 Å². The van der Waals surface area contributed by atoms with E-state index in [0.29, 0.717) is 18.3 Å². The Hall–Kier alpha value is -2.51. The third-order valence-electron chi connectivity index (χ3n) is 4.68. The van der Waals surface area contributed by atoms with Crippen molar-refractivity contribution >= 4 is 21.8 Å². The molecule has 0 radical (unpaired) electrons. The predicted molar refractivity (Wildman–Crippen MR) is 114 cm³/mol. The lowest BCUT2D eigenvalue weighted by atomic mass is 9.99. The van der Waals surface area contributed by atoms with Gasteiger partial charge in [0.2, 0.25) is 17.6 Å². The van der Waals surface area contributed by atoms with Gasteiger partial charge in [-0.05, 0) is 35.7 Å². The van der Waals surface area contributed by atoms with Crippen LogP contribution in [0, 0.1) is 5.92 Å². The normalized spacial score (nSPS) is 13.1. The third-order valence-corrected chi connectivity index (χ3v) is 5.21. The largest absolute Gasteiger partial charge is 0.367 e. The van der Waals surface area contributed by atoms with Crippen molar-refractivity contribution in [3.63, 3.8) is 0 Å². The predicted octanol–water partition coefficient (Wildman–Crippen LogP) is 4.92. The Morgan fingerprint density at radius 1 is 1.17 bits per heavy atom. The lowest BCUT2D eigenvalue weighted by Gasteiger charge is -2.20. The first-order valence-electron chi connectivity index (χ1n) is 9.57. The summed E-state index contributed by atoms with van der Waals surface area (Å²) >= 11 is 3.41. The molecule has 0 aliphatic carbocycles. The van der Waals surface area contributed by atoms with Gasteiger partial charge in [0.1, 0.15) is 12.6 Å². The van der Waals surface area contributed by atoms with Crippen LogP contribution < -0.4 is 5.32 Å². The molecule has 2 atom stereocenters. The number of benzene rings is 2. The van der Waals surface area contributed by atoms with Crippen LogP contribution >= 0.6 is 15.9 Å². The molecule has 1 heterocycles. The number of amides is 1. The van der Waals surface area contributed by atoms with Gasteiger partial charge in [0, 0.05) is 10.0 Å². The van der Waals surface area contributed by atoms with Crippen molar-refractivity contribution in [2.75, 3.05) is 6.61 Å². The van der Waals surface area contributed by atoms with Gasteiger partial charge in [-0.2, -0.15) is 4.98 Å². The van der Waals surface area contributed by atoms with Crippen LogP contribution in [0.25, 0.3) is 11.4 Å². The molecule has 0 spiro atoms. The van der Waals surface area contributed by atoms with E-state index in [1.807, 2.05) is 61.5 Å². The lowest BCUT2D eigenvalue weighted by molar-refractivity contribution is -0.127. The van der Waals surface area contributed by atoms with Gasteiger partial charge in [-0.3, -0.25) is 4.79 Å². The third kappa shape index (κ3) is 5.98. The van der Waals surface area contributed by atoms with Crippen molar-refractivity contribution in [1.82, 2.24) is 15.5 Å². The molecular formula is C22H24BrN3O3. The van der Waals surface area contributed by atoms with E-state index in [1.165, 1.54) is 0 Å². The second-order valence-electron chi connectivity index (χ2n) is 6.87. The summed E-state index contributed by atoms with van der Waals surface area (Å²) in [6, 6.07) is 17.0. The van der Waals surface area contributed by atoms with Gasteiger partial charge in [-0.25, -0.2) is 0 Å². The molecule has 0 aliphatic heterocycles. The molecule has 7 heteroatoms. The minimum Gasteiger partial charge on any atom is -0.367 e. The number of nitrogens with one attached hydrogen (secondary N) is 1. The summed E-state index contributed by atoms with van der Waals surface area (Å²) in [7, 11) is 0. The van der Waals surface area contributed by atoms with Crippen molar-refractivity contribution < 1.29 is 14.1 Å². The van der Waals surface area contributed by atoms with E-state index in [2.05, 4.69) is 38.3 Å². The average Bonchev–Trinajstić information content (AvgIpc) is 3.22. The number of aromatic nitrogens is 2. The van der Waals surface area contributed by atoms with E-state index in [0.717, 1.165) is 22.0 Å². The van der Waals surface area contributed by atoms with E-state index in [4.69, 9.17) is 9.26 Å². The van der Waals surface area contributed by atoms with Crippen molar-refractivity contribution in [2.45, 2.75) is 32.9 Å². The van der Waals surface area contributed by atoms with Crippen LogP contribution in [0.5, 0.6) is 0 Å². The number of carbonyl (C=O) groups is 1. The fourth-order valence-electron chi connectivity index (χ4n) is 2.81. The molecule has 0 aliphatic rings. The minimum atomic E-state index is -0.371. The topological polar surface area (TPSA) is 77.2 Å². The Balaban J connectivity index is 1.63. The Kier molecular flexibility index (Phi) is 7.55. The number of hydrogen-bond donors (Lipinski definition) is 1. The number of carbonyl (C=O) groups excluding carboxylic acids is 1. The monoisotopic (exact) mass is 457 g/mol. The highest BCUT2D eigenvalue weighted by atomic mass is 79.9. The highest BCUT2D eigenvalue weighted by Crippen LogP contribution is 2.26. The molecule has 3 aromatic rings. The van der Waals surface area contributed by atoms with Crippen molar-refractivity contribution in [2.24, 2.45) is 5.92 Å². The number of nitrogens with zero attached hydrogens (tertiary/aromatic N) is 2. The summed E-state index contributed by atoms with van der Waals surface area (Å²) in [5, 5.41) is 7.06. The van der Waals surface area contributed by atoms with E-state index in [-0.39, 0.29) is 24.5 Å². The minimum absolute atomic E-state index is 0.0322. The van der Waals surface area contributed by atoms with Gasteiger partial charge in [0.05, 0.1) is 6.61 Å². The van der Waals surface area contributed by atoms with Crippen LogP contribution in [-0.2, 0) is 16.1 Å². The molecule has 152 valence electrons. The maximum absolute atomic E-state index is 12.4. The highest BCUT2D eigenvalue weighted by Gasteiger charge is 2.26. The molecular weight excluding hydrogens is 434 g/mol. The molecule has 0 fully saturated rings. The quantitative estimate of drug-likeness (QED) is 0.493. The molecule has 3 rings (SSSR count). The molecule has 0 saturated heterocycles. The van der Waals surface area contributed by atoms with Crippen LogP contribution in [-0.4, -0.2) is 22.7 Å². The molecule has 29 heavy (non-hydrogen) atoms. The number of ether oxygens (including phenoxy) is 1. The summed E-state index contributed by atoms with van der Waals surface area (Å²) in [6.45, 7) is 4.45. The summed E-state index contributed by atoms with van der Waals surface area (Å²) in [5.74, 6) is 0.810. The summed E-state index contributed by atoms with van der Waals surface area (Å²) in [6.07, 6.45) is 0.853. The second kappa shape index (κ2) is 10.3. The van der Waals surface area contributed by atoms with Gasteiger partial charge in [-0.1, -0.05) is 71.7 Å². The summed E-state index contributed by atoms with van der Waals surface area (Å²) < 4.78 is 12.0. The summed E-state index contributed by atoms with van der Waals surface area (Å²) in [4.78, 5) is 16.9. The van der Waals surface area contributed by atoms with Crippen LogP contribution in [0.2, 0.25) is 0 Å². The smallest absolute Gasteiger partial charge is 0.249 e. The summed E-state index contributed by atoms with van der Waals surface area (Å²) in [5.41, 5.74) is 1.87. The van der Waals surface area contributed by atoms with Crippen molar-refractivity contribution in [3.05, 3.63) is 70.5 Å². The van der Waals surface area contributed by atoms with Crippen molar-refractivity contribution in [1.29, 1.82) is 0 Å². The van der Waals surface area contributed by atoms with E-state index >= 15 is 0 Å². The zero-order valence-electron chi connectivity index (χ0n) is 16.5. The molecule has 1 amide bonds. The number of hydrogen-bond acceptors (Lipinski definition) is 5. The Morgan fingerprint density at radius 3 is 2.59 bits per heavy atom. The standard InChI is InChI=1S/C22H24BrN3O3/c1-3-15(2)20(24-19(27)14-28-13-16-7-5-4-6-8-16)22-25-21(26-29-22)17-9-11-18(23)12-10-17/h4-12,15,20H,3,13-14H2,1-2H3,(H,24,27)/t15-,20+/m1/s1. The molecule has 0 unspecified atom stereocenters. The maximum Gasteiger partial charge on any atom is 0.249 e. The van der Waals surface area contributed by atoms with Crippen LogP contribution in [0.4, 0.5) is 0 Å². The number of halogens is 1. The van der Waals surface area contributed by atoms with Gasteiger partial charge in [-0.15, -0.1) is 0 Å². The van der Waals surface area contributed by atoms with Crippen molar-refractivity contribution in [3.8, 4) is 11.4 Å². The van der Waals surface area contributed by atoms with Gasteiger partial charge >= 0.3 is 0 Å². The SMILES string of the molecule is CC[C@@H](C)[C@H](NC(=O)COCc1ccccc1)c1nc(-c2ccc(Br)cc2)no1. The van der Waals surface area contributed by atoms with E-state index in [9.17, 15) is 4.79 Å². The maximum atomic E-state index is 12.4. The van der Waals surface area contributed by atoms with Crippen LogP contribution in [0.1, 0.15) is 37.8 Å². The van der Waals surface area contributed by atoms with Crippen LogP contribution in [0.15, 0.2) is 63.6 Å². The zero-order chi connectivity index (χ0) is 20.6. The fourth-order valence-corrected chi connectivity index (χ4v) is 3.08. The molecule has 1 N–H and O–H groups in total. The van der Waals surface area contributed by atoms with Gasteiger partial charge in [0.25, 0.3) is 0 Å². The lowest BCUT2D eigenvalue weighted by Crippen LogP contribution is -2.35. The van der Waals surface area contributed by atoms with Gasteiger partial charge in [0.15, 0.2) is 0 Å². The fraction of sp³-hybridized carbons (Fsp3) is 0.318. The van der Waals surface area contributed by atoms with Crippen LogP contribution in [0.3, 0.4) is 0 Å². The molecule has 0 saturated carbocycles. The first-order chi connectivity index (χ1) is 14.1. The first-order valence-corrected chi connectivity index (χ1v) is 10.4. The second-order valence-corrected chi connectivity index (χ2v) is 7.79. The van der Waals surface area contributed by atoms with Gasteiger partial charge < -0.3 is 14.6 Å². The first kappa shape index (κ1) is 21.2. The highest BCUT2D eigenvalue weighted by molar-refractivity contribution is 9.10. The van der Waals surface area contributed by atoms with E-state index in [1.54, 1.807) is 0 Å². The Morgan fingerprint density at radius 2 is 1.90 bits per heavy atom. The Labute approximate surface area is 178 Å². The molecule has 1 aromatic heterocycles. The average molecular weight is 458 g/mol. The Bertz CT molecular complexity index is 913. The molecule has 6 nitrogen and oxygen atoms in total. The number of rotatable bonds is 9. The molecule has 2 aromatic carbocycles. The molecule has 0 bridgehead atoms.